The first kappa shape index (κ1) is 12.8. The van der Waals surface area contributed by atoms with Gasteiger partial charge in [0, 0.05) is 24.4 Å². The summed E-state index contributed by atoms with van der Waals surface area (Å²) in [5, 5.41) is 6.23. The normalized spacial score (nSPS) is 18.3. The van der Waals surface area contributed by atoms with Gasteiger partial charge in [0.05, 0.1) is 0 Å². The summed E-state index contributed by atoms with van der Waals surface area (Å²) >= 11 is 0. The Morgan fingerprint density at radius 3 is 2.83 bits per heavy atom. The van der Waals surface area contributed by atoms with Crippen LogP contribution in [0.2, 0.25) is 0 Å². The molecule has 0 atom stereocenters. The maximum Gasteiger partial charge on any atom is 0.251 e. The van der Waals surface area contributed by atoms with Gasteiger partial charge in [-0.1, -0.05) is 6.92 Å². The van der Waals surface area contributed by atoms with Gasteiger partial charge in [-0.05, 0) is 37.4 Å². The predicted octanol–water partition coefficient (Wildman–Crippen LogP) is 0.494. The minimum Gasteiger partial charge on any atom is -0.351 e. The highest BCUT2D eigenvalue weighted by atomic mass is 16.2. The van der Waals surface area contributed by atoms with E-state index in [9.17, 15) is 9.59 Å². The summed E-state index contributed by atoms with van der Waals surface area (Å²) in [6.45, 7) is 4.83. The van der Waals surface area contributed by atoms with Crippen LogP contribution in [-0.2, 0) is 0 Å². The van der Waals surface area contributed by atoms with Crippen molar-refractivity contribution in [2.45, 2.75) is 19.8 Å². The molecule has 0 aromatic carbocycles. The Hall–Kier alpha value is -1.62. The highest BCUT2D eigenvalue weighted by molar-refractivity contribution is 5.93. The van der Waals surface area contributed by atoms with E-state index in [-0.39, 0.29) is 16.9 Å². The van der Waals surface area contributed by atoms with E-state index in [4.69, 9.17) is 0 Å². The fourth-order valence-corrected chi connectivity index (χ4v) is 2.19. The lowest BCUT2D eigenvalue weighted by atomic mass is 9.81. The van der Waals surface area contributed by atoms with Crippen LogP contribution in [-0.4, -0.2) is 30.5 Å². The van der Waals surface area contributed by atoms with Gasteiger partial charge in [0.25, 0.3) is 5.91 Å². The number of H-pyrrole nitrogens is 1. The van der Waals surface area contributed by atoms with Crippen LogP contribution in [0.15, 0.2) is 23.1 Å². The molecule has 98 valence electrons. The number of pyridine rings is 1. The molecule has 0 unspecified atom stereocenters. The Morgan fingerprint density at radius 2 is 2.17 bits per heavy atom. The molecule has 2 heterocycles. The molecular weight excluding hydrogens is 230 g/mol. The zero-order valence-electron chi connectivity index (χ0n) is 10.6. The fraction of sp³-hybridized carbons (Fsp3) is 0.538. The molecule has 0 bridgehead atoms. The second kappa shape index (κ2) is 5.35. The van der Waals surface area contributed by atoms with Gasteiger partial charge >= 0.3 is 0 Å². The second-order valence-electron chi connectivity index (χ2n) is 5.18. The Kier molecular flexibility index (Phi) is 3.81. The highest BCUT2D eigenvalue weighted by Crippen LogP contribution is 2.26. The van der Waals surface area contributed by atoms with E-state index in [1.807, 2.05) is 0 Å². The van der Waals surface area contributed by atoms with Gasteiger partial charge < -0.3 is 15.6 Å². The first-order valence-electron chi connectivity index (χ1n) is 6.27. The monoisotopic (exact) mass is 249 g/mol. The summed E-state index contributed by atoms with van der Waals surface area (Å²) in [6, 6.07) is 2.93. The molecule has 1 aliphatic heterocycles. The average Bonchev–Trinajstić information content (AvgIpc) is 2.37. The van der Waals surface area contributed by atoms with Crippen LogP contribution < -0.4 is 16.2 Å². The minimum atomic E-state index is -0.254. The summed E-state index contributed by atoms with van der Waals surface area (Å²) < 4.78 is 0. The number of rotatable bonds is 3. The van der Waals surface area contributed by atoms with E-state index < -0.39 is 0 Å². The molecule has 0 spiro atoms. The molecule has 1 aromatic rings. The summed E-state index contributed by atoms with van der Waals surface area (Å²) in [7, 11) is 0. The number of amides is 1. The first-order chi connectivity index (χ1) is 8.59. The topological polar surface area (TPSA) is 74.0 Å². The Labute approximate surface area is 106 Å². The number of hydrogen-bond acceptors (Lipinski definition) is 3. The van der Waals surface area contributed by atoms with Crippen LogP contribution in [0.25, 0.3) is 0 Å². The number of nitrogens with one attached hydrogen (secondary N) is 3. The molecule has 5 nitrogen and oxygen atoms in total. The summed E-state index contributed by atoms with van der Waals surface area (Å²) in [6.07, 6.45) is 3.61. The van der Waals surface area contributed by atoms with Crippen LogP contribution in [0.5, 0.6) is 0 Å². The fourth-order valence-electron chi connectivity index (χ4n) is 2.19. The Balaban J connectivity index is 1.94. The number of piperidine rings is 1. The van der Waals surface area contributed by atoms with Gasteiger partial charge in [-0.25, -0.2) is 0 Å². The van der Waals surface area contributed by atoms with E-state index in [1.54, 1.807) is 6.07 Å². The van der Waals surface area contributed by atoms with Crippen molar-refractivity contribution in [2.75, 3.05) is 19.6 Å². The van der Waals surface area contributed by atoms with Crippen molar-refractivity contribution in [3.05, 3.63) is 34.2 Å². The van der Waals surface area contributed by atoms with Crippen molar-refractivity contribution < 1.29 is 4.79 Å². The summed E-state index contributed by atoms with van der Waals surface area (Å²) in [5.74, 6) is -0.180. The van der Waals surface area contributed by atoms with Crippen molar-refractivity contribution in [3.8, 4) is 0 Å². The standard InChI is InChI=1S/C13H19N3O2/c1-13(3-6-14-7-4-13)9-16-12(18)10-2-5-15-11(17)8-10/h2,5,8,14H,3-4,6-7,9H2,1H3,(H,15,17)(H,16,18). The van der Waals surface area contributed by atoms with Crippen LogP contribution in [0.3, 0.4) is 0 Å². The van der Waals surface area contributed by atoms with Crippen molar-refractivity contribution in [3.63, 3.8) is 0 Å². The van der Waals surface area contributed by atoms with Gasteiger partial charge in [-0.3, -0.25) is 9.59 Å². The third-order valence-electron chi connectivity index (χ3n) is 3.52. The molecule has 18 heavy (non-hydrogen) atoms. The number of aromatic nitrogens is 1. The smallest absolute Gasteiger partial charge is 0.251 e. The molecule has 0 saturated carbocycles. The third kappa shape index (κ3) is 3.20. The van der Waals surface area contributed by atoms with Crippen molar-refractivity contribution >= 4 is 5.91 Å². The molecule has 1 saturated heterocycles. The number of carbonyl (C=O) groups excluding carboxylic acids is 1. The van der Waals surface area contributed by atoms with E-state index in [0.717, 1.165) is 25.9 Å². The highest BCUT2D eigenvalue weighted by Gasteiger charge is 2.27. The van der Waals surface area contributed by atoms with Crippen LogP contribution in [0.4, 0.5) is 0 Å². The third-order valence-corrected chi connectivity index (χ3v) is 3.52. The van der Waals surface area contributed by atoms with Crippen LogP contribution >= 0.6 is 0 Å². The first-order valence-corrected chi connectivity index (χ1v) is 6.27. The molecule has 1 aromatic heterocycles. The molecule has 1 fully saturated rings. The van der Waals surface area contributed by atoms with Gasteiger partial charge in [-0.15, -0.1) is 0 Å². The van der Waals surface area contributed by atoms with Crippen LogP contribution in [0, 0.1) is 5.41 Å². The number of carbonyl (C=O) groups is 1. The van der Waals surface area contributed by atoms with Gasteiger partial charge in [-0.2, -0.15) is 0 Å². The SMILES string of the molecule is CC1(CNC(=O)c2cc[nH]c(=O)c2)CCNCC1. The Bertz CT molecular complexity index is 475. The molecule has 2 rings (SSSR count). The van der Waals surface area contributed by atoms with E-state index in [2.05, 4.69) is 22.5 Å². The lowest BCUT2D eigenvalue weighted by molar-refractivity contribution is 0.0922. The number of aromatic amines is 1. The van der Waals surface area contributed by atoms with E-state index >= 15 is 0 Å². The lowest BCUT2D eigenvalue weighted by Crippen LogP contribution is -2.43. The van der Waals surface area contributed by atoms with Crippen molar-refractivity contribution in [1.82, 2.24) is 15.6 Å². The number of hydrogen-bond donors (Lipinski definition) is 3. The molecule has 5 heteroatoms. The molecule has 0 aliphatic carbocycles. The van der Waals surface area contributed by atoms with Crippen molar-refractivity contribution in [2.24, 2.45) is 5.41 Å². The second-order valence-corrected chi connectivity index (χ2v) is 5.18. The maximum atomic E-state index is 11.9. The predicted molar refractivity (Wildman–Crippen MR) is 69.6 cm³/mol. The van der Waals surface area contributed by atoms with Gasteiger partial charge in [0.15, 0.2) is 0 Å². The lowest BCUT2D eigenvalue weighted by Gasteiger charge is -2.34. The zero-order chi connectivity index (χ0) is 13.0. The molecule has 3 N–H and O–H groups in total. The van der Waals surface area contributed by atoms with Crippen LogP contribution in [0.1, 0.15) is 30.1 Å². The maximum absolute atomic E-state index is 11.9. The van der Waals surface area contributed by atoms with Crippen molar-refractivity contribution in [1.29, 1.82) is 0 Å². The van der Waals surface area contributed by atoms with E-state index in [0.29, 0.717) is 12.1 Å². The Morgan fingerprint density at radius 1 is 1.44 bits per heavy atom. The molecule has 1 amide bonds. The zero-order valence-corrected chi connectivity index (χ0v) is 10.6. The summed E-state index contributed by atoms with van der Waals surface area (Å²) in [5.41, 5.74) is 0.314. The van der Waals surface area contributed by atoms with Gasteiger partial charge in [0.2, 0.25) is 5.56 Å². The largest absolute Gasteiger partial charge is 0.351 e. The molecule has 0 radical (unpaired) electrons. The molecular formula is C13H19N3O2. The average molecular weight is 249 g/mol. The van der Waals surface area contributed by atoms with Gasteiger partial charge in [0.1, 0.15) is 0 Å². The molecule has 1 aliphatic rings. The van der Waals surface area contributed by atoms with E-state index in [1.165, 1.54) is 12.3 Å². The summed E-state index contributed by atoms with van der Waals surface area (Å²) in [4.78, 5) is 25.5. The quantitative estimate of drug-likeness (QED) is 0.730. The minimum absolute atomic E-state index is 0.155.